The molecule has 0 aliphatic heterocycles. The number of hydrogen-bond acceptors (Lipinski definition) is 4. The number of carbonyl (C=O) groups is 1. The number of nitrogens with zero attached hydrogens (tertiary/aromatic N) is 1. The Kier molecular flexibility index (Phi) is 4.90. The molecular formula is C13H23N3O2. The summed E-state index contributed by atoms with van der Waals surface area (Å²) < 4.78 is 4.96. The Morgan fingerprint density at radius 1 is 1.56 bits per heavy atom. The minimum Gasteiger partial charge on any atom is -0.361 e. The average Bonchev–Trinajstić information content (AvgIpc) is 2.71. The molecular weight excluding hydrogens is 230 g/mol. The zero-order chi connectivity index (χ0) is 13.8. The van der Waals surface area contributed by atoms with Gasteiger partial charge in [-0.05, 0) is 34.1 Å². The second-order valence-electron chi connectivity index (χ2n) is 5.26. The molecule has 5 heteroatoms. The number of rotatable bonds is 6. The summed E-state index contributed by atoms with van der Waals surface area (Å²) in [6.45, 7) is 10.3. The SMILES string of the molecule is CCC(C)(C)NC(=O)C(C)NCc1cc(C)on1. The monoisotopic (exact) mass is 253 g/mol. The van der Waals surface area contributed by atoms with Gasteiger partial charge in [0.15, 0.2) is 0 Å². The first-order valence-corrected chi connectivity index (χ1v) is 6.31. The van der Waals surface area contributed by atoms with Crippen LogP contribution < -0.4 is 10.6 Å². The summed E-state index contributed by atoms with van der Waals surface area (Å²) in [6.07, 6.45) is 0.897. The second-order valence-corrected chi connectivity index (χ2v) is 5.26. The predicted octanol–water partition coefficient (Wildman–Crippen LogP) is 1.77. The van der Waals surface area contributed by atoms with Gasteiger partial charge in [-0.15, -0.1) is 0 Å². The molecule has 1 atom stereocenters. The van der Waals surface area contributed by atoms with E-state index in [-0.39, 0.29) is 17.5 Å². The number of amides is 1. The highest BCUT2D eigenvalue weighted by molar-refractivity contribution is 5.81. The molecule has 18 heavy (non-hydrogen) atoms. The smallest absolute Gasteiger partial charge is 0.237 e. The third kappa shape index (κ3) is 4.49. The van der Waals surface area contributed by atoms with Gasteiger partial charge in [0, 0.05) is 18.2 Å². The largest absolute Gasteiger partial charge is 0.361 e. The number of aryl methyl sites for hydroxylation is 1. The maximum atomic E-state index is 11.9. The molecule has 1 amide bonds. The van der Waals surface area contributed by atoms with Crippen LogP contribution in [0.4, 0.5) is 0 Å². The van der Waals surface area contributed by atoms with Gasteiger partial charge in [-0.1, -0.05) is 12.1 Å². The molecule has 1 rings (SSSR count). The number of nitrogens with one attached hydrogen (secondary N) is 2. The van der Waals surface area contributed by atoms with Gasteiger partial charge in [-0.25, -0.2) is 0 Å². The molecule has 0 spiro atoms. The van der Waals surface area contributed by atoms with Crippen molar-refractivity contribution in [2.24, 2.45) is 0 Å². The number of carbonyl (C=O) groups excluding carboxylic acids is 1. The third-order valence-electron chi connectivity index (χ3n) is 3.00. The Hall–Kier alpha value is -1.36. The van der Waals surface area contributed by atoms with E-state index >= 15 is 0 Å². The van der Waals surface area contributed by atoms with Crippen molar-refractivity contribution in [3.05, 3.63) is 17.5 Å². The molecule has 1 aromatic heterocycles. The summed E-state index contributed by atoms with van der Waals surface area (Å²) in [6, 6.07) is 1.60. The van der Waals surface area contributed by atoms with Crippen LogP contribution in [-0.2, 0) is 11.3 Å². The van der Waals surface area contributed by atoms with E-state index in [1.807, 2.05) is 33.8 Å². The van der Waals surface area contributed by atoms with Crippen LogP contribution in [0, 0.1) is 6.92 Å². The summed E-state index contributed by atoms with van der Waals surface area (Å²) in [5.74, 6) is 0.776. The Bertz CT molecular complexity index is 399. The molecule has 1 heterocycles. The molecule has 1 unspecified atom stereocenters. The normalized spacial score (nSPS) is 13.4. The molecule has 1 aromatic rings. The summed E-state index contributed by atoms with van der Waals surface area (Å²) in [7, 11) is 0. The second kappa shape index (κ2) is 6.00. The van der Waals surface area contributed by atoms with Crippen LogP contribution in [-0.4, -0.2) is 22.6 Å². The zero-order valence-electron chi connectivity index (χ0n) is 11.8. The van der Waals surface area contributed by atoms with E-state index in [9.17, 15) is 4.79 Å². The summed E-state index contributed by atoms with van der Waals surface area (Å²) in [5, 5.41) is 9.99. The van der Waals surface area contributed by atoms with Crippen molar-refractivity contribution in [2.45, 2.75) is 59.2 Å². The predicted molar refractivity (Wildman–Crippen MR) is 70.1 cm³/mol. The van der Waals surface area contributed by atoms with Crippen molar-refractivity contribution < 1.29 is 9.32 Å². The van der Waals surface area contributed by atoms with Crippen LogP contribution in [0.25, 0.3) is 0 Å². The van der Waals surface area contributed by atoms with Crippen LogP contribution in [0.5, 0.6) is 0 Å². The van der Waals surface area contributed by atoms with E-state index in [0.29, 0.717) is 6.54 Å². The summed E-state index contributed by atoms with van der Waals surface area (Å²) >= 11 is 0. The van der Waals surface area contributed by atoms with Gasteiger partial charge in [0.05, 0.1) is 11.7 Å². The minimum absolute atomic E-state index is 0.00191. The lowest BCUT2D eigenvalue weighted by molar-refractivity contribution is -0.124. The van der Waals surface area contributed by atoms with Gasteiger partial charge in [0.25, 0.3) is 0 Å². The fourth-order valence-electron chi connectivity index (χ4n) is 1.38. The highest BCUT2D eigenvalue weighted by atomic mass is 16.5. The molecule has 0 saturated heterocycles. The first kappa shape index (κ1) is 14.7. The first-order chi connectivity index (χ1) is 8.34. The highest BCUT2D eigenvalue weighted by Crippen LogP contribution is 2.07. The van der Waals surface area contributed by atoms with Crippen LogP contribution in [0.3, 0.4) is 0 Å². The van der Waals surface area contributed by atoms with E-state index in [1.54, 1.807) is 0 Å². The van der Waals surface area contributed by atoms with Gasteiger partial charge in [-0.3, -0.25) is 4.79 Å². The molecule has 5 nitrogen and oxygen atoms in total. The standard InChI is InChI=1S/C13H23N3O2/c1-6-13(4,5)15-12(17)10(3)14-8-11-7-9(2)18-16-11/h7,10,14H,6,8H2,1-5H3,(H,15,17). The average molecular weight is 253 g/mol. The topological polar surface area (TPSA) is 67.2 Å². The quantitative estimate of drug-likeness (QED) is 0.810. The fourth-order valence-corrected chi connectivity index (χ4v) is 1.38. The van der Waals surface area contributed by atoms with Gasteiger partial charge < -0.3 is 15.2 Å². The Labute approximate surface area is 108 Å². The lowest BCUT2D eigenvalue weighted by Crippen LogP contribution is -2.50. The molecule has 102 valence electrons. The molecule has 0 aliphatic carbocycles. The fraction of sp³-hybridized carbons (Fsp3) is 0.692. The molecule has 0 fully saturated rings. The molecule has 0 radical (unpaired) electrons. The van der Waals surface area contributed by atoms with E-state index < -0.39 is 0 Å². The van der Waals surface area contributed by atoms with E-state index in [1.165, 1.54) is 0 Å². The lowest BCUT2D eigenvalue weighted by atomic mass is 10.0. The van der Waals surface area contributed by atoms with Crippen LogP contribution in [0.1, 0.15) is 45.6 Å². The van der Waals surface area contributed by atoms with Crippen molar-refractivity contribution in [3.63, 3.8) is 0 Å². The highest BCUT2D eigenvalue weighted by Gasteiger charge is 2.21. The number of aromatic nitrogens is 1. The van der Waals surface area contributed by atoms with Crippen LogP contribution in [0.15, 0.2) is 10.6 Å². The molecule has 0 aliphatic rings. The van der Waals surface area contributed by atoms with Crippen molar-refractivity contribution in [3.8, 4) is 0 Å². The van der Waals surface area contributed by atoms with E-state index in [4.69, 9.17) is 4.52 Å². The maximum absolute atomic E-state index is 11.9. The van der Waals surface area contributed by atoms with Crippen LogP contribution in [0.2, 0.25) is 0 Å². The van der Waals surface area contributed by atoms with Crippen LogP contribution >= 0.6 is 0 Å². The zero-order valence-corrected chi connectivity index (χ0v) is 11.8. The molecule has 2 N–H and O–H groups in total. The summed E-state index contributed by atoms with van der Waals surface area (Å²) in [4.78, 5) is 11.9. The Morgan fingerprint density at radius 2 is 2.22 bits per heavy atom. The van der Waals surface area contributed by atoms with E-state index in [0.717, 1.165) is 17.9 Å². The minimum atomic E-state index is -0.257. The van der Waals surface area contributed by atoms with Gasteiger partial charge in [-0.2, -0.15) is 0 Å². The third-order valence-corrected chi connectivity index (χ3v) is 3.00. The number of hydrogen-bond donors (Lipinski definition) is 2. The van der Waals surface area contributed by atoms with Crippen molar-refractivity contribution in [2.75, 3.05) is 0 Å². The van der Waals surface area contributed by atoms with Gasteiger partial charge in [0.1, 0.15) is 5.76 Å². The lowest BCUT2D eigenvalue weighted by Gasteiger charge is -2.26. The van der Waals surface area contributed by atoms with Crippen molar-refractivity contribution >= 4 is 5.91 Å². The Balaban J connectivity index is 2.41. The van der Waals surface area contributed by atoms with E-state index in [2.05, 4.69) is 22.7 Å². The van der Waals surface area contributed by atoms with Gasteiger partial charge >= 0.3 is 0 Å². The van der Waals surface area contributed by atoms with Crippen molar-refractivity contribution in [1.29, 1.82) is 0 Å². The van der Waals surface area contributed by atoms with Crippen molar-refractivity contribution in [1.82, 2.24) is 15.8 Å². The van der Waals surface area contributed by atoms with Gasteiger partial charge in [0.2, 0.25) is 5.91 Å². The molecule has 0 aromatic carbocycles. The molecule has 0 saturated carbocycles. The Morgan fingerprint density at radius 3 is 2.72 bits per heavy atom. The summed E-state index contributed by atoms with van der Waals surface area (Å²) in [5.41, 5.74) is 0.638. The maximum Gasteiger partial charge on any atom is 0.237 e. The molecule has 0 bridgehead atoms. The first-order valence-electron chi connectivity index (χ1n) is 6.31.